The second-order valence-corrected chi connectivity index (χ2v) is 16.4. The van der Waals surface area contributed by atoms with Gasteiger partial charge in [-0.15, -0.1) is 0 Å². The highest BCUT2D eigenvalue weighted by atomic mass is 16.3. The first-order valence-corrected chi connectivity index (χ1v) is 21.7. The van der Waals surface area contributed by atoms with Crippen molar-refractivity contribution in [2.45, 2.75) is 5.41 Å². The summed E-state index contributed by atoms with van der Waals surface area (Å²) in [6.07, 6.45) is 0. The number of nitrogens with zero attached hydrogens (tertiary/aromatic N) is 1. The fourth-order valence-corrected chi connectivity index (χ4v) is 10.2. The second kappa shape index (κ2) is 15.1. The molecule has 0 spiro atoms. The van der Waals surface area contributed by atoms with Crippen molar-refractivity contribution in [3.8, 4) is 44.5 Å². The first kappa shape index (κ1) is 36.6. The van der Waals surface area contributed by atoms with Crippen LogP contribution in [0, 0.1) is 0 Å². The van der Waals surface area contributed by atoms with Crippen molar-refractivity contribution in [3.05, 3.63) is 271 Å². The Morgan fingerprint density at radius 2 is 0.794 bits per heavy atom. The van der Waals surface area contributed by atoms with E-state index in [2.05, 4.69) is 241 Å². The zero-order valence-corrected chi connectivity index (χ0v) is 34.5. The number of anilines is 3. The van der Waals surface area contributed by atoms with Crippen LogP contribution in [0.25, 0.3) is 66.4 Å². The molecule has 0 saturated carbocycles. The molecule has 1 aliphatic rings. The molecule has 0 aliphatic heterocycles. The lowest BCUT2D eigenvalue weighted by Crippen LogP contribution is -2.28. The maximum absolute atomic E-state index is 6.53. The lowest BCUT2D eigenvalue weighted by Gasteiger charge is -2.35. The Balaban J connectivity index is 1.02. The standard InChI is InChI=1S/C61H41NO/c1-4-17-42(18-5-1)43-31-35-47(36-32-43)62(48-37-33-44(34-38-48)50-23-10-11-24-51(50)55-27-16-28-56-54-26-13-15-30-59(54)63-60(55)56)49-39-40-53-52-25-12-14-29-57(52)61(58(53)41-49,45-19-6-2-7-20-45)46-21-8-3-9-22-46/h1-41H. The monoisotopic (exact) mass is 803 g/mol. The third-order valence-corrected chi connectivity index (χ3v) is 13.0. The van der Waals surface area contributed by atoms with Crippen molar-refractivity contribution >= 4 is 39.0 Å². The van der Waals surface area contributed by atoms with E-state index in [4.69, 9.17) is 4.42 Å². The maximum Gasteiger partial charge on any atom is 0.143 e. The highest BCUT2D eigenvalue weighted by molar-refractivity contribution is 6.10. The van der Waals surface area contributed by atoms with Crippen LogP contribution >= 0.6 is 0 Å². The van der Waals surface area contributed by atoms with Crippen LogP contribution in [0.3, 0.4) is 0 Å². The SMILES string of the molecule is c1ccc(-c2ccc(N(c3ccc(-c4ccccc4-c4cccc5c4oc4ccccc45)cc3)c3ccc4c(c3)C(c3ccccc3)(c3ccccc3)c3ccccc3-4)cc2)cc1. The Morgan fingerprint density at radius 1 is 0.302 bits per heavy atom. The molecule has 11 aromatic rings. The van der Waals surface area contributed by atoms with Crippen LogP contribution in [0.5, 0.6) is 0 Å². The van der Waals surface area contributed by atoms with Crippen LogP contribution in [-0.4, -0.2) is 0 Å². The molecular weight excluding hydrogens is 763 g/mol. The zero-order valence-electron chi connectivity index (χ0n) is 34.5. The molecule has 0 saturated heterocycles. The number of benzene rings is 10. The van der Waals surface area contributed by atoms with Gasteiger partial charge in [0.1, 0.15) is 11.2 Å². The number of furan rings is 1. The van der Waals surface area contributed by atoms with Crippen molar-refractivity contribution in [2.24, 2.45) is 0 Å². The van der Waals surface area contributed by atoms with E-state index in [1.165, 1.54) is 44.5 Å². The topological polar surface area (TPSA) is 16.4 Å². The summed E-state index contributed by atoms with van der Waals surface area (Å²) in [5.41, 5.74) is 19.0. The first-order valence-electron chi connectivity index (χ1n) is 21.7. The van der Waals surface area contributed by atoms with Gasteiger partial charge >= 0.3 is 0 Å². The van der Waals surface area contributed by atoms with Crippen LogP contribution in [0.2, 0.25) is 0 Å². The van der Waals surface area contributed by atoms with Gasteiger partial charge in [0.05, 0.1) is 5.41 Å². The lowest BCUT2D eigenvalue weighted by molar-refractivity contribution is 0.670. The Bertz CT molecular complexity index is 3380. The van der Waals surface area contributed by atoms with Gasteiger partial charge in [0.25, 0.3) is 0 Å². The molecule has 0 amide bonds. The molecule has 2 heteroatoms. The minimum Gasteiger partial charge on any atom is -0.455 e. The predicted octanol–water partition coefficient (Wildman–Crippen LogP) is 16.4. The number of fused-ring (bicyclic) bond motifs is 6. The molecule has 0 unspecified atom stereocenters. The van der Waals surface area contributed by atoms with Crippen molar-refractivity contribution in [1.29, 1.82) is 0 Å². The van der Waals surface area contributed by atoms with Gasteiger partial charge in [-0.1, -0.05) is 206 Å². The molecular formula is C61H41NO. The summed E-state index contributed by atoms with van der Waals surface area (Å²) in [5.74, 6) is 0. The van der Waals surface area contributed by atoms with Gasteiger partial charge in [0, 0.05) is 33.4 Å². The lowest BCUT2D eigenvalue weighted by atomic mass is 9.67. The molecule has 1 aromatic heterocycles. The van der Waals surface area contributed by atoms with E-state index in [0.29, 0.717) is 0 Å². The van der Waals surface area contributed by atoms with Gasteiger partial charge < -0.3 is 9.32 Å². The predicted molar refractivity (Wildman–Crippen MR) is 262 cm³/mol. The van der Waals surface area contributed by atoms with E-state index < -0.39 is 5.41 Å². The summed E-state index contributed by atoms with van der Waals surface area (Å²) >= 11 is 0. The Labute approximate surface area is 367 Å². The van der Waals surface area contributed by atoms with E-state index in [9.17, 15) is 0 Å². The number of rotatable bonds is 8. The van der Waals surface area contributed by atoms with Gasteiger partial charge in [-0.25, -0.2) is 0 Å². The average Bonchev–Trinajstić information content (AvgIpc) is 3.89. The van der Waals surface area contributed by atoms with Gasteiger partial charge in [0.2, 0.25) is 0 Å². The minimum atomic E-state index is -0.510. The summed E-state index contributed by atoms with van der Waals surface area (Å²) in [4.78, 5) is 2.41. The second-order valence-electron chi connectivity index (χ2n) is 16.4. The van der Waals surface area contributed by atoms with Crippen LogP contribution in [0.1, 0.15) is 22.3 Å². The molecule has 63 heavy (non-hydrogen) atoms. The van der Waals surface area contributed by atoms with Gasteiger partial charge in [0.15, 0.2) is 0 Å². The van der Waals surface area contributed by atoms with Gasteiger partial charge in [-0.05, 0) is 104 Å². The number of hydrogen-bond donors (Lipinski definition) is 0. The smallest absolute Gasteiger partial charge is 0.143 e. The molecule has 0 radical (unpaired) electrons. The van der Waals surface area contributed by atoms with Crippen LogP contribution < -0.4 is 4.90 Å². The quantitative estimate of drug-likeness (QED) is 0.152. The molecule has 0 fully saturated rings. The minimum absolute atomic E-state index is 0.510. The maximum atomic E-state index is 6.53. The number of para-hydroxylation sites is 2. The molecule has 1 heterocycles. The van der Waals surface area contributed by atoms with E-state index in [0.717, 1.165) is 61.3 Å². The molecule has 296 valence electrons. The molecule has 12 rings (SSSR count). The molecule has 0 atom stereocenters. The number of hydrogen-bond acceptors (Lipinski definition) is 2. The van der Waals surface area contributed by atoms with Gasteiger partial charge in [-0.2, -0.15) is 0 Å². The van der Waals surface area contributed by atoms with E-state index in [1.54, 1.807) is 0 Å². The highest BCUT2D eigenvalue weighted by Gasteiger charge is 2.46. The largest absolute Gasteiger partial charge is 0.455 e. The Morgan fingerprint density at radius 3 is 1.49 bits per heavy atom. The highest BCUT2D eigenvalue weighted by Crippen LogP contribution is 2.57. The summed E-state index contributed by atoms with van der Waals surface area (Å²) < 4.78 is 6.53. The van der Waals surface area contributed by atoms with E-state index in [1.807, 2.05) is 12.1 Å². The fourth-order valence-electron chi connectivity index (χ4n) is 10.2. The van der Waals surface area contributed by atoms with Crippen molar-refractivity contribution < 1.29 is 4.42 Å². The molecule has 10 aromatic carbocycles. The fraction of sp³-hybridized carbons (Fsp3) is 0.0164. The molecule has 2 nitrogen and oxygen atoms in total. The average molecular weight is 804 g/mol. The van der Waals surface area contributed by atoms with E-state index in [-0.39, 0.29) is 0 Å². The molecule has 0 bridgehead atoms. The first-order chi connectivity index (χ1) is 31.3. The summed E-state index contributed by atoms with van der Waals surface area (Å²) in [7, 11) is 0. The molecule has 0 N–H and O–H groups in total. The Kier molecular flexibility index (Phi) is 8.76. The van der Waals surface area contributed by atoms with Crippen LogP contribution in [-0.2, 0) is 5.41 Å². The molecule has 1 aliphatic carbocycles. The van der Waals surface area contributed by atoms with Crippen LogP contribution in [0.15, 0.2) is 253 Å². The van der Waals surface area contributed by atoms with Gasteiger partial charge in [-0.3, -0.25) is 0 Å². The summed E-state index contributed by atoms with van der Waals surface area (Å²) in [5, 5.41) is 2.26. The normalized spacial score (nSPS) is 12.6. The summed E-state index contributed by atoms with van der Waals surface area (Å²) in [6.45, 7) is 0. The Hall–Kier alpha value is -8.20. The third-order valence-electron chi connectivity index (χ3n) is 13.0. The summed E-state index contributed by atoms with van der Waals surface area (Å²) in [6, 6.07) is 90.2. The van der Waals surface area contributed by atoms with Crippen LogP contribution in [0.4, 0.5) is 17.1 Å². The van der Waals surface area contributed by atoms with Crippen molar-refractivity contribution in [1.82, 2.24) is 0 Å². The van der Waals surface area contributed by atoms with Crippen molar-refractivity contribution in [3.63, 3.8) is 0 Å². The third kappa shape index (κ3) is 5.95. The van der Waals surface area contributed by atoms with Crippen molar-refractivity contribution in [2.75, 3.05) is 4.90 Å². The zero-order chi connectivity index (χ0) is 41.7. The van der Waals surface area contributed by atoms with E-state index >= 15 is 0 Å².